The number of anilines is 2. The molecule has 2 aromatic carbocycles. The molecule has 7 nitrogen and oxygen atoms in total. The molecule has 1 heterocycles. The van der Waals surface area contributed by atoms with Gasteiger partial charge in [-0.25, -0.2) is 4.39 Å². The standard InChI is InChI=1S/C20H20FN3O4/c1-11-16(21)7-12(19(22)26)8-17(11)23-20(27)13-9-18(25)24(10-13)14-3-5-15(28-2)6-4-14/h3-8,13H,9-10H2,1-2H3,(H2,22,26)(H,23,27). The number of methoxy groups -OCH3 is 1. The van der Waals surface area contributed by atoms with Gasteiger partial charge >= 0.3 is 0 Å². The summed E-state index contributed by atoms with van der Waals surface area (Å²) < 4.78 is 19.1. The van der Waals surface area contributed by atoms with Gasteiger partial charge < -0.3 is 20.7 Å². The van der Waals surface area contributed by atoms with E-state index in [1.165, 1.54) is 17.9 Å². The summed E-state index contributed by atoms with van der Waals surface area (Å²) in [7, 11) is 1.55. The van der Waals surface area contributed by atoms with Crippen molar-refractivity contribution >= 4 is 29.1 Å². The fourth-order valence-electron chi connectivity index (χ4n) is 3.08. The largest absolute Gasteiger partial charge is 0.497 e. The summed E-state index contributed by atoms with van der Waals surface area (Å²) in [5.74, 6) is -1.98. The van der Waals surface area contributed by atoms with E-state index < -0.39 is 23.5 Å². The van der Waals surface area contributed by atoms with Crippen LogP contribution in [0, 0.1) is 18.7 Å². The fourth-order valence-corrected chi connectivity index (χ4v) is 3.08. The minimum atomic E-state index is -0.795. The van der Waals surface area contributed by atoms with Gasteiger partial charge in [-0.05, 0) is 43.3 Å². The van der Waals surface area contributed by atoms with Gasteiger partial charge in [-0.3, -0.25) is 14.4 Å². The lowest BCUT2D eigenvalue weighted by molar-refractivity contribution is -0.122. The topological polar surface area (TPSA) is 102 Å². The molecule has 1 aliphatic heterocycles. The number of halogens is 1. The molecule has 0 aliphatic carbocycles. The third-order valence-electron chi connectivity index (χ3n) is 4.77. The highest BCUT2D eigenvalue weighted by Gasteiger charge is 2.35. The average Bonchev–Trinajstić information content (AvgIpc) is 3.07. The maximum absolute atomic E-state index is 14.0. The zero-order chi connectivity index (χ0) is 20.4. The first-order valence-electron chi connectivity index (χ1n) is 8.65. The molecule has 1 fully saturated rings. The lowest BCUT2D eigenvalue weighted by atomic mass is 10.1. The molecule has 8 heteroatoms. The number of amides is 3. The van der Waals surface area contributed by atoms with Gasteiger partial charge in [0.05, 0.1) is 13.0 Å². The number of primary amides is 1. The first-order valence-corrected chi connectivity index (χ1v) is 8.65. The minimum Gasteiger partial charge on any atom is -0.497 e. The molecule has 0 aromatic heterocycles. The molecule has 1 atom stereocenters. The van der Waals surface area contributed by atoms with Crippen molar-refractivity contribution in [2.45, 2.75) is 13.3 Å². The van der Waals surface area contributed by atoms with Crippen molar-refractivity contribution in [1.29, 1.82) is 0 Å². The lowest BCUT2D eigenvalue weighted by Gasteiger charge is -2.17. The van der Waals surface area contributed by atoms with Crippen LogP contribution >= 0.6 is 0 Å². The van der Waals surface area contributed by atoms with E-state index in [-0.39, 0.29) is 35.7 Å². The number of carbonyl (C=O) groups excluding carboxylic acids is 3. The second kappa shape index (κ2) is 7.67. The number of hydrogen-bond acceptors (Lipinski definition) is 4. The summed E-state index contributed by atoms with van der Waals surface area (Å²) in [6, 6.07) is 9.31. The van der Waals surface area contributed by atoms with Crippen LogP contribution in [-0.4, -0.2) is 31.4 Å². The Morgan fingerprint density at radius 1 is 1.25 bits per heavy atom. The third-order valence-corrected chi connectivity index (χ3v) is 4.77. The number of hydrogen-bond donors (Lipinski definition) is 2. The molecular weight excluding hydrogens is 365 g/mol. The van der Waals surface area contributed by atoms with Crippen LogP contribution in [-0.2, 0) is 9.59 Å². The lowest BCUT2D eigenvalue weighted by Crippen LogP contribution is -2.28. The summed E-state index contributed by atoms with van der Waals surface area (Å²) in [5.41, 5.74) is 6.17. The monoisotopic (exact) mass is 385 g/mol. The van der Waals surface area contributed by atoms with E-state index in [1.54, 1.807) is 31.4 Å². The highest BCUT2D eigenvalue weighted by atomic mass is 19.1. The molecule has 3 N–H and O–H groups in total. The van der Waals surface area contributed by atoms with Crippen LogP contribution in [0.15, 0.2) is 36.4 Å². The van der Waals surface area contributed by atoms with Gasteiger partial charge in [-0.2, -0.15) is 0 Å². The zero-order valence-electron chi connectivity index (χ0n) is 15.5. The van der Waals surface area contributed by atoms with Crippen LogP contribution in [0.2, 0.25) is 0 Å². The summed E-state index contributed by atoms with van der Waals surface area (Å²) in [5, 5.41) is 2.61. The number of nitrogens with two attached hydrogens (primary N) is 1. The van der Waals surface area contributed by atoms with Crippen molar-refractivity contribution < 1.29 is 23.5 Å². The Hall–Kier alpha value is -3.42. The summed E-state index contributed by atoms with van der Waals surface area (Å²) in [6.07, 6.45) is 0.0366. The van der Waals surface area contributed by atoms with Gasteiger partial charge in [0, 0.05) is 35.5 Å². The molecule has 146 valence electrons. The van der Waals surface area contributed by atoms with Crippen molar-refractivity contribution in [1.82, 2.24) is 0 Å². The van der Waals surface area contributed by atoms with Gasteiger partial charge in [0.15, 0.2) is 0 Å². The Balaban J connectivity index is 1.75. The van der Waals surface area contributed by atoms with E-state index in [4.69, 9.17) is 10.5 Å². The van der Waals surface area contributed by atoms with Crippen molar-refractivity contribution in [3.63, 3.8) is 0 Å². The number of nitrogens with zero attached hydrogens (tertiary/aromatic N) is 1. The van der Waals surface area contributed by atoms with E-state index >= 15 is 0 Å². The molecule has 1 unspecified atom stereocenters. The quantitative estimate of drug-likeness (QED) is 0.824. The average molecular weight is 385 g/mol. The molecule has 28 heavy (non-hydrogen) atoms. The maximum Gasteiger partial charge on any atom is 0.248 e. The molecule has 1 saturated heterocycles. The molecule has 0 bridgehead atoms. The Morgan fingerprint density at radius 2 is 1.93 bits per heavy atom. The Kier molecular flexibility index (Phi) is 5.30. The van der Waals surface area contributed by atoms with Crippen LogP contribution in [0.3, 0.4) is 0 Å². The van der Waals surface area contributed by atoms with Crippen molar-refractivity contribution in [2.24, 2.45) is 11.7 Å². The highest BCUT2D eigenvalue weighted by molar-refractivity contribution is 6.04. The van der Waals surface area contributed by atoms with Crippen LogP contribution in [0.4, 0.5) is 15.8 Å². The van der Waals surface area contributed by atoms with E-state index in [0.29, 0.717) is 11.4 Å². The zero-order valence-corrected chi connectivity index (χ0v) is 15.5. The molecule has 3 rings (SSSR count). The highest BCUT2D eigenvalue weighted by Crippen LogP contribution is 2.28. The van der Waals surface area contributed by atoms with Gasteiger partial charge in [0.1, 0.15) is 11.6 Å². The normalized spacial score (nSPS) is 16.2. The van der Waals surface area contributed by atoms with Crippen molar-refractivity contribution in [2.75, 3.05) is 23.9 Å². The first-order chi connectivity index (χ1) is 13.3. The van der Waals surface area contributed by atoms with E-state index in [0.717, 1.165) is 6.07 Å². The molecule has 1 aliphatic rings. The van der Waals surface area contributed by atoms with Gasteiger partial charge in [-0.15, -0.1) is 0 Å². The van der Waals surface area contributed by atoms with Crippen molar-refractivity contribution in [3.8, 4) is 5.75 Å². The smallest absolute Gasteiger partial charge is 0.248 e. The summed E-state index contributed by atoms with van der Waals surface area (Å²) in [4.78, 5) is 37.8. The Labute approximate surface area is 161 Å². The number of carbonyl (C=O) groups is 3. The third kappa shape index (κ3) is 3.80. The van der Waals surface area contributed by atoms with Gasteiger partial charge in [0.25, 0.3) is 0 Å². The maximum atomic E-state index is 14.0. The summed E-state index contributed by atoms with van der Waals surface area (Å²) in [6.45, 7) is 1.69. The van der Waals surface area contributed by atoms with Gasteiger partial charge in [0.2, 0.25) is 17.7 Å². The number of rotatable bonds is 5. The van der Waals surface area contributed by atoms with Crippen molar-refractivity contribution in [3.05, 3.63) is 53.3 Å². The van der Waals surface area contributed by atoms with Crippen LogP contribution in [0.25, 0.3) is 0 Å². The number of ether oxygens (including phenoxy) is 1. The molecule has 0 spiro atoms. The SMILES string of the molecule is COc1ccc(N2CC(C(=O)Nc3cc(C(N)=O)cc(F)c3C)CC2=O)cc1. The first kappa shape index (κ1) is 19.3. The van der Waals surface area contributed by atoms with Crippen LogP contribution in [0.1, 0.15) is 22.3 Å². The minimum absolute atomic E-state index is 0.0366. The molecule has 0 saturated carbocycles. The fraction of sp³-hybridized carbons (Fsp3) is 0.250. The Bertz CT molecular complexity index is 943. The van der Waals surface area contributed by atoms with Crippen LogP contribution in [0.5, 0.6) is 5.75 Å². The second-order valence-corrected chi connectivity index (χ2v) is 6.59. The molecule has 2 aromatic rings. The van der Waals surface area contributed by atoms with E-state index in [2.05, 4.69) is 5.32 Å². The molecular formula is C20H20FN3O4. The van der Waals surface area contributed by atoms with Crippen LogP contribution < -0.4 is 20.7 Å². The summed E-state index contributed by atoms with van der Waals surface area (Å²) >= 11 is 0. The molecule has 0 radical (unpaired) electrons. The number of benzene rings is 2. The van der Waals surface area contributed by atoms with E-state index in [9.17, 15) is 18.8 Å². The predicted octanol–water partition coefficient (Wildman–Crippen LogP) is 2.23. The number of nitrogens with one attached hydrogen (secondary N) is 1. The molecule has 3 amide bonds. The second-order valence-electron chi connectivity index (χ2n) is 6.59. The van der Waals surface area contributed by atoms with Gasteiger partial charge in [-0.1, -0.05) is 0 Å². The Morgan fingerprint density at radius 3 is 2.54 bits per heavy atom. The predicted molar refractivity (Wildman–Crippen MR) is 102 cm³/mol. The van der Waals surface area contributed by atoms with E-state index in [1.807, 2.05) is 0 Å².